The van der Waals surface area contributed by atoms with E-state index in [0.717, 1.165) is 22.2 Å². The molecule has 1 fully saturated rings. The minimum absolute atomic E-state index is 0.0389. The molecule has 1 saturated heterocycles. The molecule has 0 aliphatic carbocycles. The van der Waals surface area contributed by atoms with Crippen molar-refractivity contribution >= 4 is 40.6 Å². The molecule has 142 valence electrons. The van der Waals surface area contributed by atoms with Crippen molar-refractivity contribution in [3.63, 3.8) is 0 Å². The van der Waals surface area contributed by atoms with E-state index in [1.165, 1.54) is 7.11 Å². The van der Waals surface area contributed by atoms with Crippen molar-refractivity contribution in [3.05, 3.63) is 63.5 Å². The molecule has 2 aromatic rings. The van der Waals surface area contributed by atoms with Crippen LogP contribution in [-0.4, -0.2) is 29.7 Å². The number of ether oxygens (including phenoxy) is 2. The fraction of sp³-hybridized carbons (Fsp3) is 0.143. The summed E-state index contributed by atoms with van der Waals surface area (Å²) in [5.74, 6) is 3.00. The van der Waals surface area contributed by atoms with E-state index in [1.54, 1.807) is 36.4 Å². The first kappa shape index (κ1) is 19.9. The molecule has 0 atom stereocenters. The van der Waals surface area contributed by atoms with Gasteiger partial charge in [0.1, 0.15) is 6.61 Å². The Labute approximate surface area is 172 Å². The van der Waals surface area contributed by atoms with E-state index in [9.17, 15) is 9.59 Å². The van der Waals surface area contributed by atoms with Gasteiger partial charge in [-0.15, -0.1) is 6.42 Å². The predicted molar refractivity (Wildman–Crippen MR) is 110 cm³/mol. The molecular formula is C21H16ClNO4S. The molecule has 2 amide bonds. The minimum atomic E-state index is -0.394. The van der Waals surface area contributed by atoms with Gasteiger partial charge in [0, 0.05) is 5.02 Å². The number of hydrogen-bond donors (Lipinski definition) is 0. The minimum Gasteiger partial charge on any atom is -0.493 e. The van der Waals surface area contributed by atoms with Crippen LogP contribution in [0.2, 0.25) is 5.02 Å². The van der Waals surface area contributed by atoms with Crippen LogP contribution in [0.1, 0.15) is 11.1 Å². The second-order valence-corrected chi connectivity index (χ2v) is 7.23. The Morgan fingerprint density at radius 1 is 1.18 bits per heavy atom. The van der Waals surface area contributed by atoms with E-state index >= 15 is 0 Å². The number of terminal acetylenes is 1. The molecule has 0 N–H and O–H groups in total. The van der Waals surface area contributed by atoms with Crippen LogP contribution in [0.4, 0.5) is 4.79 Å². The summed E-state index contributed by atoms with van der Waals surface area (Å²) in [6.45, 7) is 0.320. The standard InChI is InChI=1S/C21H16ClNO4S/c1-3-10-23-20(24)19(28-21(23)25)12-15-6-9-17(18(11-15)26-2)27-13-14-4-7-16(22)8-5-14/h1,4-9,11-12H,10,13H2,2H3/b19-12-. The highest BCUT2D eigenvalue weighted by molar-refractivity contribution is 8.18. The largest absolute Gasteiger partial charge is 0.493 e. The predicted octanol–water partition coefficient (Wildman–Crippen LogP) is 4.60. The number of halogens is 1. The third-order valence-electron chi connectivity index (χ3n) is 3.92. The van der Waals surface area contributed by atoms with Crippen LogP contribution in [0.25, 0.3) is 6.08 Å². The van der Waals surface area contributed by atoms with Crippen LogP contribution < -0.4 is 9.47 Å². The first-order chi connectivity index (χ1) is 13.5. The number of hydrogen-bond acceptors (Lipinski definition) is 5. The zero-order valence-electron chi connectivity index (χ0n) is 15.0. The van der Waals surface area contributed by atoms with Crippen LogP contribution in [0.15, 0.2) is 47.4 Å². The average Bonchev–Trinajstić information content (AvgIpc) is 2.96. The Balaban J connectivity index is 1.76. The summed E-state index contributed by atoms with van der Waals surface area (Å²) in [5, 5.41) is 0.293. The Hall–Kier alpha value is -2.88. The van der Waals surface area contributed by atoms with E-state index in [1.807, 2.05) is 12.1 Å². The second kappa shape index (κ2) is 8.87. The normalized spacial score (nSPS) is 15.0. The van der Waals surface area contributed by atoms with Crippen molar-refractivity contribution in [2.45, 2.75) is 6.61 Å². The fourth-order valence-electron chi connectivity index (χ4n) is 2.51. The van der Waals surface area contributed by atoms with E-state index < -0.39 is 5.91 Å². The van der Waals surface area contributed by atoms with Crippen LogP contribution in [0.5, 0.6) is 11.5 Å². The highest BCUT2D eigenvalue weighted by atomic mass is 35.5. The molecule has 5 nitrogen and oxygen atoms in total. The number of rotatable bonds is 6. The summed E-state index contributed by atoms with van der Waals surface area (Å²) in [6.07, 6.45) is 6.83. The topological polar surface area (TPSA) is 55.8 Å². The number of amides is 2. The van der Waals surface area contributed by atoms with Gasteiger partial charge in [0.05, 0.1) is 18.6 Å². The van der Waals surface area contributed by atoms with E-state index in [4.69, 9.17) is 27.5 Å². The molecule has 3 rings (SSSR count). The van der Waals surface area contributed by atoms with Crippen LogP contribution >= 0.6 is 23.4 Å². The lowest BCUT2D eigenvalue weighted by atomic mass is 10.1. The maximum atomic E-state index is 12.3. The van der Waals surface area contributed by atoms with Crippen LogP contribution in [-0.2, 0) is 11.4 Å². The summed E-state index contributed by atoms with van der Waals surface area (Å²) in [4.78, 5) is 25.5. The van der Waals surface area contributed by atoms with Crippen molar-refractivity contribution in [2.24, 2.45) is 0 Å². The highest BCUT2D eigenvalue weighted by Crippen LogP contribution is 2.34. The van der Waals surface area contributed by atoms with Gasteiger partial charge in [-0.1, -0.05) is 35.7 Å². The third-order valence-corrected chi connectivity index (χ3v) is 5.08. The molecule has 7 heteroatoms. The number of imide groups is 1. The van der Waals surface area contributed by atoms with Gasteiger partial charge in [-0.25, -0.2) is 0 Å². The fourth-order valence-corrected chi connectivity index (χ4v) is 3.48. The Bertz CT molecular complexity index is 979. The molecule has 1 heterocycles. The summed E-state index contributed by atoms with van der Waals surface area (Å²) in [5.41, 5.74) is 1.68. The van der Waals surface area contributed by atoms with Crippen molar-refractivity contribution in [1.82, 2.24) is 4.90 Å². The lowest BCUT2D eigenvalue weighted by Crippen LogP contribution is -2.28. The van der Waals surface area contributed by atoms with Crippen LogP contribution in [0, 0.1) is 12.3 Å². The maximum absolute atomic E-state index is 12.3. The molecule has 28 heavy (non-hydrogen) atoms. The molecule has 1 aliphatic rings. The van der Waals surface area contributed by atoms with Crippen molar-refractivity contribution in [3.8, 4) is 23.8 Å². The van der Waals surface area contributed by atoms with Crippen LogP contribution in [0.3, 0.4) is 0 Å². The highest BCUT2D eigenvalue weighted by Gasteiger charge is 2.34. The summed E-state index contributed by atoms with van der Waals surface area (Å²) >= 11 is 6.75. The van der Waals surface area contributed by atoms with Crippen molar-refractivity contribution < 1.29 is 19.1 Å². The number of methoxy groups -OCH3 is 1. The molecule has 0 radical (unpaired) electrons. The van der Waals surface area contributed by atoms with Gasteiger partial charge in [-0.2, -0.15) is 0 Å². The number of benzene rings is 2. The lowest BCUT2D eigenvalue weighted by Gasteiger charge is -2.12. The van der Waals surface area contributed by atoms with Crippen molar-refractivity contribution in [1.29, 1.82) is 0 Å². The van der Waals surface area contributed by atoms with Gasteiger partial charge in [0.25, 0.3) is 11.1 Å². The van der Waals surface area contributed by atoms with Gasteiger partial charge in [0.15, 0.2) is 11.5 Å². The maximum Gasteiger partial charge on any atom is 0.294 e. The smallest absolute Gasteiger partial charge is 0.294 e. The number of carbonyl (C=O) groups is 2. The Kier molecular flexibility index (Phi) is 6.30. The van der Waals surface area contributed by atoms with Gasteiger partial charge in [-0.05, 0) is 53.2 Å². The SMILES string of the molecule is C#CCN1C(=O)S/C(=C\c2ccc(OCc3ccc(Cl)cc3)c(OC)c2)C1=O. The molecule has 0 bridgehead atoms. The van der Waals surface area contributed by atoms with Gasteiger partial charge >= 0.3 is 0 Å². The average molecular weight is 414 g/mol. The van der Waals surface area contributed by atoms with Gasteiger partial charge < -0.3 is 9.47 Å². The van der Waals surface area contributed by atoms with E-state index in [2.05, 4.69) is 5.92 Å². The number of nitrogens with zero attached hydrogens (tertiary/aromatic N) is 1. The quantitative estimate of drug-likeness (QED) is 0.511. The third kappa shape index (κ3) is 4.50. The van der Waals surface area contributed by atoms with E-state index in [0.29, 0.717) is 33.6 Å². The Morgan fingerprint density at radius 3 is 2.61 bits per heavy atom. The molecule has 0 saturated carbocycles. The Morgan fingerprint density at radius 2 is 1.93 bits per heavy atom. The molecule has 0 aromatic heterocycles. The lowest BCUT2D eigenvalue weighted by molar-refractivity contribution is -0.122. The molecule has 1 aliphatic heterocycles. The van der Waals surface area contributed by atoms with E-state index in [-0.39, 0.29) is 11.8 Å². The first-order valence-electron chi connectivity index (χ1n) is 8.26. The zero-order chi connectivity index (χ0) is 20.1. The monoisotopic (exact) mass is 413 g/mol. The first-order valence-corrected chi connectivity index (χ1v) is 9.45. The summed E-state index contributed by atoms with van der Waals surface area (Å²) in [7, 11) is 1.54. The molecule has 0 unspecified atom stereocenters. The molecule has 2 aromatic carbocycles. The number of thioether (sulfide) groups is 1. The van der Waals surface area contributed by atoms with Gasteiger partial charge in [-0.3, -0.25) is 14.5 Å². The molecular weight excluding hydrogens is 398 g/mol. The zero-order valence-corrected chi connectivity index (χ0v) is 16.5. The number of carbonyl (C=O) groups excluding carboxylic acids is 2. The van der Waals surface area contributed by atoms with Gasteiger partial charge in [0.2, 0.25) is 0 Å². The molecule has 0 spiro atoms. The summed E-state index contributed by atoms with van der Waals surface area (Å²) < 4.78 is 11.2. The summed E-state index contributed by atoms with van der Waals surface area (Å²) in [6, 6.07) is 12.7. The van der Waals surface area contributed by atoms with Crippen molar-refractivity contribution in [2.75, 3.05) is 13.7 Å². The second-order valence-electron chi connectivity index (χ2n) is 5.80.